The smallest absolute Gasteiger partial charge is 0.407 e. The Hall–Kier alpha value is -3.39. The fourth-order valence-electron chi connectivity index (χ4n) is 4.58. The second kappa shape index (κ2) is 11.1. The number of ether oxygens (including phenoxy) is 1. The number of amides is 1. The number of para-hydroxylation sites is 1. The Bertz CT molecular complexity index is 1170. The number of carbonyl (C=O) groups is 1. The van der Waals surface area contributed by atoms with Crippen LogP contribution in [0.2, 0.25) is 0 Å². The molecule has 0 bridgehead atoms. The highest BCUT2D eigenvalue weighted by molar-refractivity contribution is 5.93. The van der Waals surface area contributed by atoms with Crippen LogP contribution in [-0.4, -0.2) is 63.0 Å². The molecule has 1 aromatic heterocycles. The van der Waals surface area contributed by atoms with Gasteiger partial charge in [-0.05, 0) is 48.8 Å². The van der Waals surface area contributed by atoms with Gasteiger partial charge in [-0.3, -0.25) is 0 Å². The number of carboxylic acid groups (broad SMARTS) is 1. The van der Waals surface area contributed by atoms with Crippen molar-refractivity contribution in [2.75, 3.05) is 25.0 Å². The van der Waals surface area contributed by atoms with E-state index in [1.54, 1.807) is 0 Å². The van der Waals surface area contributed by atoms with E-state index in [-0.39, 0.29) is 24.2 Å². The molecule has 0 unspecified atom stereocenters. The lowest BCUT2D eigenvalue weighted by Gasteiger charge is -2.27. The number of aliphatic hydroxyl groups excluding tert-OH is 1. The summed E-state index contributed by atoms with van der Waals surface area (Å²) in [6.45, 7) is 7.09. The molecule has 2 aromatic carbocycles. The second-order valence-corrected chi connectivity index (χ2v) is 10.7. The van der Waals surface area contributed by atoms with Gasteiger partial charge in [0.05, 0.1) is 18.2 Å². The fourth-order valence-corrected chi connectivity index (χ4v) is 4.58. The van der Waals surface area contributed by atoms with Crippen molar-refractivity contribution >= 4 is 22.9 Å². The molecule has 0 aliphatic heterocycles. The number of anilines is 1. The monoisotopic (exact) mass is 492 g/mol. The Labute approximate surface area is 212 Å². The maximum absolute atomic E-state index is 11.5. The molecule has 192 valence electrons. The van der Waals surface area contributed by atoms with Gasteiger partial charge in [0.25, 0.3) is 0 Å². The van der Waals surface area contributed by atoms with Gasteiger partial charge in [0.2, 0.25) is 5.95 Å². The fraction of sp³-hybridized carbons (Fsp3) is 0.464. The molecule has 1 heterocycles. The zero-order valence-electron chi connectivity index (χ0n) is 21.3. The van der Waals surface area contributed by atoms with Crippen molar-refractivity contribution < 1.29 is 19.7 Å². The highest BCUT2D eigenvalue weighted by Gasteiger charge is 2.21. The summed E-state index contributed by atoms with van der Waals surface area (Å²) in [5.74, 6) is 1.30. The number of fused-ring (bicyclic) bond motifs is 1. The lowest BCUT2D eigenvalue weighted by Crippen LogP contribution is -2.39. The van der Waals surface area contributed by atoms with Crippen molar-refractivity contribution in [3.05, 3.63) is 48.7 Å². The molecule has 8 heteroatoms. The summed E-state index contributed by atoms with van der Waals surface area (Å²) in [6, 6.07) is 14.1. The third-order valence-corrected chi connectivity index (χ3v) is 6.37. The van der Waals surface area contributed by atoms with Crippen molar-refractivity contribution in [1.29, 1.82) is 0 Å². The molecule has 3 N–H and O–H groups in total. The van der Waals surface area contributed by atoms with E-state index in [0.717, 1.165) is 47.7 Å². The number of hydrogen-bond donors (Lipinski definition) is 3. The minimum Gasteiger partial charge on any atom is -0.492 e. The summed E-state index contributed by atoms with van der Waals surface area (Å²) in [6.07, 6.45) is 4.13. The number of aliphatic hydroxyl groups is 1. The number of benzene rings is 2. The number of nitrogens with one attached hydrogen (secondary N) is 1. The van der Waals surface area contributed by atoms with Crippen LogP contribution in [0, 0.1) is 5.41 Å². The number of aromatic nitrogens is 2. The van der Waals surface area contributed by atoms with Gasteiger partial charge in [-0.25, -0.2) is 14.8 Å². The molecule has 1 saturated carbocycles. The summed E-state index contributed by atoms with van der Waals surface area (Å²) in [4.78, 5) is 22.2. The number of rotatable bonds is 8. The molecule has 1 amide bonds. The van der Waals surface area contributed by atoms with Crippen molar-refractivity contribution in [1.82, 2.24) is 14.9 Å². The van der Waals surface area contributed by atoms with E-state index in [9.17, 15) is 15.0 Å². The Morgan fingerprint density at radius 3 is 2.50 bits per heavy atom. The zero-order chi connectivity index (χ0) is 25.7. The zero-order valence-corrected chi connectivity index (χ0v) is 21.3. The van der Waals surface area contributed by atoms with E-state index >= 15 is 0 Å². The van der Waals surface area contributed by atoms with E-state index in [1.165, 1.54) is 4.90 Å². The lowest BCUT2D eigenvalue weighted by molar-refractivity contribution is 0.116. The molecule has 8 nitrogen and oxygen atoms in total. The average Bonchev–Trinajstić information content (AvgIpc) is 2.84. The van der Waals surface area contributed by atoms with Crippen LogP contribution in [0.25, 0.3) is 22.0 Å². The molecular weight excluding hydrogens is 456 g/mol. The first-order valence-electron chi connectivity index (χ1n) is 12.6. The van der Waals surface area contributed by atoms with Crippen LogP contribution in [0.4, 0.5) is 10.7 Å². The first-order valence-corrected chi connectivity index (χ1v) is 12.6. The highest BCUT2D eigenvalue weighted by Crippen LogP contribution is 2.30. The molecule has 1 aliphatic rings. The van der Waals surface area contributed by atoms with Gasteiger partial charge < -0.3 is 25.2 Å². The summed E-state index contributed by atoms with van der Waals surface area (Å²) in [5, 5.41) is 23.6. The Morgan fingerprint density at radius 1 is 1.11 bits per heavy atom. The average molecular weight is 493 g/mol. The van der Waals surface area contributed by atoms with Crippen LogP contribution in [0.1, 0.15) is 46.5 Å². The van der Waals surface area contributed by atoms with Crippen LogP contribution >= 0.6 is 0 Å². The van der Waals surface area contributed by atoms with E-state index in [2.05, 4.69) is 10.3 Å². The first-order chi connectivity index (χ1) is 17.2. The van der Waals surface area contributed by atoms with Crippen LogP contribution < -0.4 is 10.1 Å². The lowest BCUT2D eigenvalue weighted by atomic mass is 9.93. The normalized spacial score (nSPS) is 18.1. The van der Waals surface area contributed by atoms with Gasteiger partial charge >= 0.3 is 6.09 Å². The maximum Gasteiger partial charge on any atom is 0.407 e. The minimum absolute atomic E-state index is 0.115. The van der Waals surface area contributed by atoms with Crippen LogP contribution in [0.3, 0.4) is 0 Å². The molecule has 0 saturated heterocycles. The standard InChI is InChI=1S/C28H36N4O4/c1-28(2,3)18-32(27(34)35)15-16-36-23-13-7-19(8-14-23)24-6-4-5-20-17-29-26(31-25(20)24)30-21-9-11-22(33)12-10-21/h4-8,13-14,17,21-22,33H,9-12,15-16,18H2,1-3H3,(H,34,35)(H,29,30,31)/t21-,22-. The largest absolute Gasteiger partial charge is 0.492 e. The summed E-state index contributed by atoms with van der Waals surface area (Å²) >= 11 is 0. The minimum atomic E-state index is -0.934. The Morgan fingerprint density at radius 2 is 1.83 bits per heavy atom. The topological polar surface area (TPSA) is 108 Å². The molecule has 0 radical (unpaired) electrons. The molecular formula is C28H36N4O4. The Balaban J connectivity index is 1.43. The Kier molecular flexibility index (Phi) is 7.94. The van der Waals surface area contributed by atoms with Crippen LogP contribution in [0.5, 0.6) is 5.75 Å². The van der Waals surface area contributed by atoms with Crippen LogP contribution in [0.15, 0.2) is 48.7 Å². The summed E-state index contributed by atoms with van der Waals surface area (Å²) in [7, 11) is 0. The number of hydrogen-bond acceptors (Lipinski definition) is 6. The third-order valence-electron chi connectivity index (χ3n) is 6.37. The SMILES string of the molecule is CC(C)(C)CN(CCOc1ccc(-c2cccc3cnc(N[C@H]4CC[C@H](O)CC4)nc23)cc1)C(=O)O. The van der Waals surface area contributed by atoms with Crippen LogP contribution in [-0.2, 0) is 0 Å². The molecule has 1 fully saturated rings. The van der Waals surface area contributed by atoms with Gasteiger partial charge in [0, 0.05) is 29.7 Å². The van der Waals surface area contributed by atoms with Gasteiger partial charge in [-0.15, -0.1) is 0 Å². The maximum atomic E-state index is 11.5. The van der Waals surface area contributed by atoms with E-state index < -0.39 is 6.09 Å². The molecule has 1 aliphatic carbocycles. The predicted molar refractivity (Wildman–Crippen MR) is 141 cm³/mol. The quantitative estimate of drug-likeness (QED) is 0.385. The van der Waals surface area contributed by atoms with Crippen molar-refractivity contribution in [2.45, 2.75) is 58.6 Å². The van der Waals surface area contributed by atoms with Crippen molar-refractivity contribution in [2.24, 2.45) is 5.41 Å². The second-order valence-electron chi connectivity index (χ2n) is 10.7. The molecule has 36 heavy (non-hydrogen) atoms. The van der Waals surface area contributed by atoms with Gasteiger partial charge in [-0.2, -0.15) is 0 Å². The molecule has 0 atom stereocenters. The highest BCUT2D eigenvalue weighted by atomic mass is 16.5. The van der Waals surface area contributed by atoms with Gasteiger partial charge in [-0.1, -0.05) is 51.1 Å². The summed E-state index contributed by atoms with van der Waals surface area (Å²) < 4.78 is 5.83. The molecule has 4 rings (SSSR count). The molecule has 0 spiro atoms. The third kappa shape index (κ3) is 6.85. The number of nitrogens with zero attached hydrogens (tertiary/aromatic N) is 3. The van der Waals surface area contributed by atoms with Crippen molar-refractivity contribution in [3.8, 4) is 16.9 Å². The van der Waals surface area contributed by atoms with E-state index in [1.807, 2.05) is 69.4 Å². The van der Waals surface area contributed by atoms with E-state index in [4.69, 9.17) is 9.72 Å². The predicted octanol–water partition coefficient (Wildman–Crippen LogP) is 5.42. The van der Waals surface area contributed by atoms with Crippen molar-refractivity contribution in [3.63, 3.8) is 0 Å². The first kappa shape index (κ1) is 25.7. The van der Waals surface area contributed by atoms with E-state index in [0.29, 0.717) is 24.8 Å². The van der Waals surface area contributed by atoms with Gasteiger partial charge in [0.15, 0.2) is 0 Å². The summed E-state index contributed by atoms with van der Waals surface area (Å²) in [5.41, 5.74) is 2.78. The molecule has 3 aromatic rings. The van der Waals surface area contributed by atoms with Gasteiger partial charge in [0.1, 0.15) is 12.4 Å².